The zero-order valence-corrected chi connectivity index (χ0v) is 20.6. The molecule has 1 aromatic heterocycles. The topological polar surface area (TPSA) is 137 Å². The van der Waals surface area contributed by atoms with Gasteiger partial charge in [-0.3, -0.25) is 9.59 Å². The highest BCUT2D eigenvalue weighted by atomic mass is 35.5. The molecule has 0 aliphatic rings. The summed E-state index contributed by atoms with van der Waals surface area (Å²) in [6.07, 6.45) is 0.435. The van der Waals surface area contributed by atoms with Gasteiger partial charge in [-0.1, -0.05) is 42.9 Å². The standard InChI is InChI=1S/C20H27ClN4O5S2/c1-11(2)9-16(19(27)28)22-7-8-23-32(29,30)17-10-14(5-6-15(17)21)18-12(3)24-20(31-18)25-13(4)26/h5-6,10-11,16,22-23H,7-9H2,1-4H3,(H,27,28)(H,24,25,26)/t16-/m0/s1. The largest absolute Gasteiger partial charge is 0.480 e. The minimum absolute atomic E-state index is 0.00295. The van der Waals surface area contributed by atoms with Crippen LogP contribution in [-0.4, -0.2) is 49.5 Å². The van der Waals surface area contributed by atoms with Crippen LogP contribution in [0.5, 0.6) is 0 Å². The first-order chi connectivity index (χ1) is 14.9. The number of aryl methyl sites for hydroxylation is 1. The van der Waals surface area contributed by atoms with Crippen LogP contribution in [0, 0.1) is 12.8 Å². The fourth-order valence-electron chi connectivity index (χ4n) is 2.97. The van der Waals surface area contributed by atoms with Crippen molar-refractivity contribution >= 4 is 50.0 Å². The van der Waals surface area contributed by atoms with Crippen molar-refractivity contribution in [3.05, 3.63) is 28.9 Å². The summed E-state index contributed by atoms with van der Waals surface area (Å²) in [6.45, 7) is 7.12. The zero-order valence-electron chi connectivity index (χ0n) is 18.2. The number of rotatable bonds is 11. The Kier molecular flexibility index (Phi) is 9.17. The van der Waals surface area contributed by atoms with Crippen LogP contribution in [0.3, 0.4) is 0 Å². The number of nitrogens with zero attached hydrogens (tertiary/aromatic N) is 1. The maximum atomic E-state index is 12.8. The first-order valence-corrected chi connectivity index (χ1v) is 12.6. The molecular weight excluding hydrogens is 476 g/mol. The van der Waals surface area contributed by atoms with E-state index in [0.717, 1.165) is 0 Å². The van der Waals surface area contributed by atoms with Crippen LogP contribution >= 0.6 is 22.9 Å². The maximum absolute atomic E-state index is 12.8. The molecule has 0 fully saturated rings. The molecule has 1 aromatic carbocycles. The second-order valence-electron chi connectivity index (χ2n) is 7.63. The third kappa shape index (κ3) is 7.24. The van der Waals surface area contributed by atoms with Crippen molar-refractivity contribution < 1.29 is 23.1 Å². The van der Waals surface area contributed by atoms with E-state index in [1.54, 1.807) is 13.0 Å². The van der Waals surface area contributed by atoms with Crippen LogP contribution < -0.4 is 15.4 Å². The lowest BCUT2D eigenvalue weighted by atomic mass is 10.0. The van der Waals surface area contributed by atoms with Crippen LogP contribution in [0.2, 0.25) is 5.02 Å². The van der Waals surface area contributed by atoms with Crippen LogP contribution in [-0.2, 0) is 19.6 Å². The zero-order chi connectivity index (χ0) is 24.1. The predicted octanol–water partition coefficient (Wildman–Crippen LogP) is 3.10. The van der Waals surface area contributed by atoms with Crippen LogP contribution in [0.4, 0.5) is 5.13 Å². The second-order valence-corrected chi connectivity index (χ2v) is 10.8. The summed E-state index contributed by atoms with van der Waals surface area (Å²) in [6, 6.07) is 3.88. The molecule has 4 N–H and O–H groups in total. The van der Waals surface area contributed by atoms with Gasteiger partial charge < -0.3 is 15.7 Å². The van der Waals surface area contributed by atoms with E-state index in [1.165, 1.54) is 30.4 Å². The van der Waals surface area contributed by atoms with E-state index >= 15 is 0 Å². The summed E-state index contributed by atoms with van der Waals surface area (Å²) in [5.41, 5.74) is 1.24. The number of hydrogen-bond donors (Lipinski definition) is 4. The highest BCUT2D eigenvalue weighted by molar-refractivity contribution is 7.89. The molecule has 1 heterocycles. The molecule has 0 aliphatic carbocycles. The van der Waals surface area contributed by atoms with Gasteiger partial charge in [-0.2, -0.15) is 0 Å². The third-order valence-electron chi connectivity index (χ3n) is 4.38. The number of carbonyl (C=O) groups excluding carboxylic acids is 1. The number of nitrogens with one attached hydrogen (secondary N) is 3. The summed E-state index contributed by atoms with van der Waals surface area (Å²) >= 11 is 7.39. The number of carbonyl (C=O) groups is 2. The molecule has 0 saturated carbocycles. The van der Waals surface area contributed by atoms with E-state index in [4.69, 9.17) is 11.6 Å². The van der Waals surface area contributed by atoms with Gasteiger partial charge in [-0.15, -0.1) is 0 Å². The smallest absolute Gasteiger partial charge is 0.320 e. The van der Waals surface area contributed by atoms with Gasteiger partial charge in [0.05, 0.1) is 15.6 Å². The molecule has 0 aliphatic heterocycles. The van der Waals surface area contributed by atoms with Gasteiger partial charge in [-0.05, 0) is 37.0 Å². The number of anilines is 1. The molecule has 0 bridgehead atoms. The van der Waals surface area contributed by atoms with E-state index in [1.807, 2.05) is 13.8 Å². The SMILES string of the molecule is CC(=O)Nc1nc(C)c(-c2ccc(Cl)c(S(=O)(=O)NCCN[C@@H](CC(C)C)C(=O)O)c2)s1. The average Bonchev–Trinajstić information content (AvgIpc) is 3.03. The normalized spacial score (nSPS) is 12.7. The van der Waals surface area contributed by atoms with E-state index in [0.29, 0.717) is 27.7 Å². The van der Waals surface area contributed by atoms with Gasteiger partial charge in [-0.25, -0.2) is 18.1 Å². The fourth-order valence-corrected chi connectivity index (χ4v) is 5.54. The number of carboxylic acid groups (broad SMARTS) is 1. The lowest BCUT2D eigenvalue weighted by molar-refractivity contribution is -0.139. The minimum Gasteiger partial charge on any atom is -0.480 e. The molecule has 0 spiro atoms. The second kappa shape index (κ2) is 11.2. The monoisotopic (exact) mass is 502 g/mol. The highest BCUT2D eigenvalue weighted by Gasteiger charge is 2.22. The van der Waals surface area contributed by atoms with E-state index in [9.17, 15) is 23.1 Å². The molecule has 0 unspecified atom stereocenters. The lowest BCUT2D eigenvalue weighted by Crippen LogP contribution is -2.42. The van der Waals surface area contributed by atoms with Crippen molar-refractivity contribution in [3.8, 4) is 10.4 Å². The maximum Gasteiger partial charge on any atom is 0.320 e. The molecular formula is C20H27ClN4O5S2. The number of sulfonamides is 1. The number of thiazole rings is 1. The first kappa shape index (κ1) is 26.2. The van der Waals surface area contributed by atoms with E-state index in [2.05, 4.69) is 20.3 Å². The Hall–Kier alpha value is -2.05. The minimum atomic E-state index is -3.94. The fraction of sp³-hybridized carbons (Fsp3) is 0.450. The molecule has 32 heavy (non-hydrogen) atoms. The number of benzene rings is 1. The van der Waals surface area contributed by atoms with Crippen LogP contribution in [0.25, 0.3) is 10.4 Å². The molecule has 1 amide bonds. The third-order valence-corrected chi connectivity index (χ3v) is 7.44. The molecule has 9 nitrogen and oxygen atoms in total. The Morgan fingerprint density at radius 1 is 1.25 bits per heavy atom. The van der Waals surface area contributed by atoms with Crippen molar-refractivity contribution in [2.75, 3.05) is 18.4 Å². The highest BCUT2D eigenvalue weighted by Crippen LogP contribution is 2.35. The Labute approximate surface area is 196 Å². The number of carboxylic acids is 1. The van der Waals surface area contributed by atoms with Gasteiger partial charge in [0.2, 0.25) is 15.9 Å². The van der Waals surface area contributed by atoms with Crippen molar-refractivity contribution in [2.45, 2.75) is 45.1 Å². The summed E-state index contributed by atoms with van der Waals surface area (Å²) in [5.74, 6) is -1.04. The van der Waals surface area contributed by atoms with Crippen molar-refractivity contribution in [1.29, 1.82) is 0 Å². The molecule has 0 radical (unpaired) electrons. The van der Waals surface area contributed by atoms with Crippen LogP contribution in [0.1, 0.15) is 32.9 Å². The average molecular weight is 503 g/mol. The van der Waals surface area contributed by atoms with Gasteiger partial charge in [0.1, 0.15) is 10.9 Å². The molecule has 12 heteroatoms. The number of hydrogen-bond acceptors (Lipinski definition) is 7. The van der Waals surface area contributed by atoms with E-state index in [-0.39, 0.29) is 34.8 Å². The quantitative estimate of drug-likeness (QED) is 0.346. The summed E-state index contributed by atoms with van der Waals surface area (Å²) in [5, 5.41) is 15.2. The number of aliphatic carboxylic acids is 1. The molecule has 176 valence electrons. The first-order valence-electron chi connectivity index (χ1n) is 9.91. The molecule has 0 saturated heterocycles. The van der Waals surface area contributed by atoms with Gasteiger partial charge in [0.25, 0.3) is 0 Å². The Morgan fingerprint density at radius 2 is 1.94 bits per heavy atom. The van der Waals surface area contributed by atoms with Crippen LogP contribution in [0.15, 0.2) is 23.1 Å². The van der Waals surface area contributed by atoms with Gasteiger partial charge in [0.15, 0.2) is 5.13 Å². The Bertz CT molecular complexity index is 1090. The van der Waals surface area contributed by atoms with E-state index < -0.39 is 22.0 Å². The summed E-state index contributed by atoms with van der Waals surface area (Å²) in [7, 11) is -3.94. The number of aromatic nitrogens is 1. The number of halogens is 1. The van der Waals surface area contributed by atoms with Gasteiger partial charge >= 0.3 is 5.97 Å². The lowest BCUT2D eigenvalue weighted by Gasteiger charge is -2.17. The summed E-state index contributed by atoms with van der Waals surface area (Å²) in [4.78, 5) is 27.5. The van der Waals surface area contributed by atoms with Crippen molar-refractivity contribution in [3.63, 3.8) is 0 Å². The molecule has 2 rings (SSSR count). The number of amides is 1. The van der Waals surface area contributed by atoms with Gasteiger partial charge in [0, 0.05) is 20.0 Å². The summed E-state index contributed by atoms with van der Waals surface area (Å²) < 4.78 is 28.1. The molecule has 1 atom stereocenters. The molecule has 2 aromatic rings. The van der Waals surface area contributed by atoms with Crippen molar-refractivity contribution in [1.82, 2.24) is 15.0 Å². The Morgan fingerprint density at radius 3 is 2.53 bits per heavy atom. The van der Waals surface area contributed by atoms with Crippen molar-refractivity contribution in [2.24, 2.45) is 5.92 Å². The predicted molar refractivity (Wildman–Crippen MR) is 126 cm³/mol. The Balaban J connectivity index is 2.14.